The first-order chi connectivity index (χ1) is 12.1. The summed E-state index contributed by atoms with van der Waals surface area (Å²) in [4.78, 5) is 24.2. The number of carbonyl (C=O) groups excluding carboxylic acids is 2. The summed E-state index contributed by atoms with van der Waals surface area (Å²) in [5.74, 6) is -0.934. The first kappa shape index (κ1) is 20.1. The van der Waals surface area contributed by atoms with E-state index in [4.69, 9.17) is 0 Å². The van der Waals surface area contributed by atoms with E-state index in [9.17, 15) is 18.0 Å². The summed E-state index contributed by atoms with van der Waals surface area (Å²) in [6.07, 6.45) is 1.13. The molecule has 2 N–H and O–H groups in total. The molecule has 0 aliphatic heterocycles. The molecule has 2 aromatic rings. The Morgan fingerprint density at radius 3 is 2.50 bits per heavy atom. The zero-order chi connectivity index (χ0) is 19.3. The van der Waals surface area contributed by atoms with Gasteiger partial charge in [0.2, 0.25) is 5.91 Å². The lowest BCUT2D eigenvalue weighted by atomic mass is 10.1. The Hall–Kier alpha value is -2.19. The molecule has 2 rings (SSSR count). The molecule has 0 radical (unpaired) electrons. The van der Waals surface area contributed by atoms with Gasteiger partial charge < -0.3 is 10.6 Å². The summed E-state index contributed by atoms with van der Waals surface area (Å²) < 4.78 is 23.6. The number of amides is 2. The third kappa shape index (κ3) is 6.27. The highest BCUT2D eigenvalue weighted by Gasteiger charge is 2.11. The number of aryl methyl sites for hydroxylation is 1. The molecule has 138 valence electrons. The topological polar surface area (TPSA) is 92.3 Å². The lowest BCUT2D eigenvalue weighted by Gasteiger charge is -2.10. The van der Waals surface area contributed by atoms with Crippen LogP contribution in [0.2, 0.25) is 0 Å². The Balaban J connectivity index is 1.95. The first-order valence-electron chi connectivity index (χ1n) is 7.75. The monoisotopic (exact) mass is 438 g/mol. The van der Waals surface area contributed by atoms with E-state index in [0.717, 1.165) is 16.3 Å². The van der Waals surface area contributed by atoms with Crippen molar-refractivity contribution < 1.29 is 18.0 Å². The fraction of sp³-hybridized carbons (Fsp3) is 0.222. The molecule has 0 unspecified atom stereocenters. The molecule has 0 aliphatic rings. The molecule has 6 nitrogen and oxygen atoms in total. The minimum absolute atomic E-state index is 0.141. The molecule has 0 fully saturated rings. The lowest BCUT2D eigenvalue weighted by Crippen LogP contribution is -2.33. The van der Waals surface area contributed by atoms with Gasteiger partial charge in [-0.15, -0.1) is 0 Å². The van der Waals surface area contributed by atoms with E-state index in [2.05, 4.69) is 26.6 Å². The van der Waals surface area contributed by atoms with Gasteiger partial charge in [-0.2, -0.15) is 0 Å². The average molecular weight is 439 g/mol. The SMILES string of the molecule is Cc1cc(Br)ccc1NC(=O)CNC(=O)c1cccc(CS(C)(=O)=O)c1. The molecule has 0 heterocycles. The van der Waals surface area contributed by atoms with Crippen molar-refractivity contribution in [3.8, 4) is 0 Å². The van der Waals surface area contributed by atoms with Crippen LogP contribution in [0, 0.1) is 6.92 Å². The van der Waals surface area contributed by atoms with Crippen LogP contribution in [0.4, 0.5) is 5.69 Å². The second kappa shape index (κ2) is 8.46. The van der Waals surface area contributed by atoms with Crippen LogP contribution in [0.25, 0.3) is 0 Å². The number of benzene rings is 2. The van der Waals surface area contributed by atoms with Gasteiger partial charge in [0, 0.05) is 22.0 Å². The summed E-state index contributed by atoms with van der Waals surface area (Å²) in [7, 11) is -3.19. The number of sulfone groups is 1. The van der Waals surface area contributed by atoms with Gasteiger partial charge in [0.05, 0.1) is 12.3 Å². The van der Waals surface area contributed by atoms with Gasteiger partial charge in [-0.3, -0.25) is 9.59 Å². The van der Waals surface area contributed by atoms with Crippen molar-refractivity contribution in [1.29, 1.82) is 0 Å². The number of anilines is 1. The quantitative estimate of drug-likeness (QED) is 0.724. The molecule has 0 aliphatic carbocycles. The molecule has 0 spiro atoms. The Morgan fingerprint density at radius 1 is 1.12 bits per heavy atom. The van der Waals surface area contributed by atoms with E-state index in [0.29, 0.717) is 16.8 Å². The minimum atomic E-state index is -3.19. The Bertz CT molecular complexity index is 942. The highest BCUT2D eigenvalue weighted by atomic mass is 79.9. The highest BCUT2D eigenvalue weighted by Crippen LogP contribution is 2.19. The van der Waals surface area contributed by atoms with Crippen LogP contribution in [-0.4, -0.2) is 33.0 Å². The zero-order valence-corrected chi connectivity index (χ0v) is 16.8. The van der Waals surface area contributed by atoms with Crippen LogP contribution in [0.15, 0.2) is 46.9 Å². The van der Waals surface area contributed by atoms with Crippen LogP contribution in [0.1, 0.15) is 21.5 Å². The van der Waals surface area contributed by atoms with Crippen LogP contribution in [0.5, 0.6) is 0 Å². The van der Waals surface area contributed by atoms with Crippen molar-refractivity contribution in [2.45, 2.75) is 12.7 Å². The second-order valence-electron chi connectivity index (χ2n) is 5.96. The molecule has 0 bridgehead atoms. The average Bonchev–Trinajstić information content (AvgIpc) is 2.54. The molecular weight excluding hydrogens is 420 g/mol. The van der Waals surface area contributed by atoms with Gasteiger partial charge in [-0.25, -0.2) is 8.42 Å². The summed E-state index contributed by atoms with van der Waals surface area (Å²) in [5.41, 5.74) is 2.39. The van der Waals surface area contributed by atoms with Crippen molar-refractivity contribution in [3.05, 3.63) is 63.6 Å². The number of rotatable bonds is 6. The molecule has 0 atom stereocenters. The maximum absolute atomic E-state index is 12.2. The van der Waals surface area contributed by atoms with Gasteiger partial charge in [-0.1, -0.05) is 28.1 Å². The van der Waals surface area contributed by atoms with Crippen molar-refractivity contribution in [2.75, 3.05) is 18.1 Å². The Morgan fingerprint density at radius 2 is 1.85 bits per heavy atom. The molecule has 0 saturated heterocycles. The summed E-state index contributed by atoms with van der Waals surface area (Å²) in [5, 5.41) is 5.26. The summed E-state index contributed by atoms with van der Waals surface area (Å²) >= 11 is 3.35. The summed E-state index contributed by atoms with van der Waals surface area (Å²) in [6.45, 7) is 1.68. The van der Waals surface area contributed by atoms with E-state index in [-0.39, 0.29) is 18.2 Å². The molecule has 2 amide bonds. The predicted molar refractivity (Wildman–Crippen MR) is 105 cm³/mol. The van der Waals surface area contributed by atoms with Crippen molar-refractivity contribution in [2.24, 2.45) is 0 Å². The smallest absolute Gasteiger partial charge is 0.251 e. The summed E-state index contributed by atoms with van der Waals surface area (Å²) in [6, 6.07) is 11.8. The van der Waals surface area contributed by atoms with Gasteiger partial charge >= 0.3 is 0 Å². The maximum atomic E-state index is 12.2. The Kier molecular flexibility index (Phi) is 6.55. The number of carbonyl (C=O) groups is 2. The highest BCUT2D eigenvalue weighted by molar-refractivity contribution is 9.10. The van der Waals surface area contributed by atoms with Gasteiger partial charge in [0.25, 0.3) is 5.91 Å². The van der Waals surface area contributed by atoms with Gasteiger partial charge in [0.15, 0.2) is 9.84 Å². The predicted octanol–water partition coefficient (Wildman–Crippen LogP) is 2.67. The second-order valence-corrected chi connectivity index (χ2v) is 9.02. The van der Waals surface area contributed by atoms with Crippen molar-refractivity contribution >= 4 is 43.3 Å². The van der Waals surface area contributed by atoms with Crippen LogP contribution < -0.4 is 10.6 Å². The fourth-order valence-corrected chi connectivity index (χ4v) is 3.59. The maximum Gasteiger partial charge on any atom is 0.251 e. The van der Waals surface area contributed by atoms with E-state index in [1.165, 1.54) is 6.07 Å². The lowest BCUT2D eigenvalue weighted by molar-refractivity contribution is -0.115. The molecule has 8 heteroatoms. The fourth-order valence-electron chi connectivity index (χ4n) is 2.33. The molecule has 26 heavy (non-hydrogen) atoms. The standard InChI is InChI=1S/C18H19BrN2O4S/c1-12-8-15(19)6-7-16(12)21-17(22)10-20-18(23)14-5-3-4-13(9-14)11-26(2,24)25/h3-9H,10-11H2,1-2H3,(H,20,23)(H,21,22). The molecule has 2 aromatic carbocycles. The molecule has 0 saturated carbocycles. The number of nitrogens with one attached hydrogen (secondary N) is 2. The van der Waals surface area contributed by atoms with E-state index in [1.54, 1.807) is 24.3 Å². The number of hydrogen-bond donors (Lipinski definition) is 2. The van der Waals surface area contributed by atoms with Crippen LogP contribution in [-0.2, 0) is 20.4 Å². The normalized spacial score (nSPS) is 11.0. The van der Waals surface area contributed by atoms with Gasteiger partial charge in [0.1, 0.15) is 0 Å². The van der Waals surface area contributed by atoms with E-state index >= 15 is 0 Å². The Labute approximate surface area is 161 Å². The van der Waals surface area contributed by atoms with Crippen molar-refractivity contribution in [3.63, 3.8) is 0 Å². The largest absolute Gasteiger partial charge is 0.343 e. The third-order valence-electron chi connectivity index (χ3n) is 3.49. The number of halogens is 1. The van der Waals surface area contributed by atoms with Gasteiger partial charge in [-0.05, 0) is 48.4 Å². The van der Waals surface area contributed by atoms with Crippen LogP contribution in [0.3, 0.4) is 0 Å². The first-order valence-corrected chi connectivity index (χ1v) is 10.6. The van der Waals surface area contributed by atoms with Crippen molar-refractivity contribution in [1.82, 2.24) is 5.32 Å². The third-order valence-corrected chi connectivity index (χ3v) is 4.84. The molecular formula is C18H19BrN2O4S. The van der Waals surface area contributed by atoms with E-state index < -0.39 is 15.7 Å². The number of hydrogen-bond acceptors (Lipinski definition) is 4. The van der Waals surface area contributed by atoms with Crippen LogP contribution >= 0.6 is 15.9 Å². The zero-order valence-electron chi connectivity index (χ0n) is 14.4. The minimum Gasteiger partial charge on any atom is -0.343 e. The molecule has 0 aromatic heterocycles. The van der Waals surface area contributed by atoms with E-state index in [1.807, 2.05) is 19.1 Å².